The Morgan fingerprint density at radius 1 is 1.09 bits per heavy atom. The summed E-state index contributed by atoms with van der Waals surface area (Å²) in [6.45, 7) is 7.25. The van der Waals surface area contributed by atoms with Gasteiger partial charge in [-0.15, -0.1) is 0 Å². The first-order chi connectivity index (χ1) is 16.1. The summed E-state index contributed by atoms with van der Waals surface area (Å²) in [6, 6.07) is 5.39. The smallest absolute Gasteiger partial charge is 0.409 e. The highest BCUT2D eigenvalue weighted by atomic mass is 16.7. The van der Waals surface area contributed by atoms with Crippen LogP contribution in [0, 0.1) is 0 Å². The second-order valence-corrected chi connectivity index (χ2v) is 7.23. The predicted molar refractivity (Wildman–Crippen MR) is 123 cm³/mol. The maximum absolute atomic E-state index is 12.2. The molecule has 10 heteroatoms. The number of ether oxygens (including phenoxy) is 5. The van der Waals surface area contributed by atoms with Crippen molar-refractivity contribution < 1.29 is 33.3 Å². The van der Waals surface area contributed by atoms with Gasteiger partial charge in [0.05, 0.1) is 26.9 Å². The van der Waals surface area contributed by atoms with Gasteiger partial charge in [-0.3, -0.25) is 9.69 Å². The van der Waals surface area contributed by atoms with E-state index in [-0.39, 0.29) is 18.8 Å². The monoisotopic (exact) mass is 465 g/mol. The molecule has 1 aromatic rings. The van der Waals surface area contributed by atoms with E-state index in [1.807, 2.05) is 6.07 Å². The molecule has 0 spiro atoms. The third-order valence-corrected chi connectivity index (χ3v) is 4.97. The molecule has 1 aliphatic heterocycles. The van der Waals surface area contributed by atoms with Gasteiger partial charge < -0.3 is 33.9 Å². The quantitative estimate of drug-likeness (QED) is 0.267. The number of hydrogen-bond acceptors (Lipinski definition) is 8. The fourth-order valence-electron chi connectivity index (χ4n) is 3.15. The Morgan fingerprint density at radius 2 is 1.88 bits per heavy atom. The molecule has 1 N–H and O–H groups in total. The van der Waals surface area contributed by atoms with Gasteiger partial charge in [0.2, 0.25) is 5.91 Å². The molecule has 1 fully saturated rings. The van der Waals surface area contributed by atoms with Gasteiger partial charge >= 0.3 is 6.09 Å². The largest absolute Gasteiger partial charge is 0.493 e. The van der Waals surface area contributed by atoms with E-state index >= 15 is 0 Å². The number of methoxy groups -OCH3 is 2. The first-order valence-corrected chi connectivity index (χ1v) is 11.0. The van der Waals surface area contributed by atoms with E-state index in [2.05, 4.69) is 10.2 Å². The number of carbonyl (C=O) groups is 2. The van der Waals surface area contributed by atoms with Crippen LogP contribution < -0.4 is 14.8 Å². The summed E-state index contributed by atoms with van der Waals surface area (Å²) >= 11 is 0. The molecule has 1 heterocycles. The van der Waals surface area contributed by atoms with Gasteiger partial charge in [0.25, 0.3) is 0 Å². The van der Waals surface area contributed by atoms with Crippen LogP contribution in [0.3, 0.4) is 0 Å². The molecule has 33 heavy (non-hydrogen) atoms. The lowest BCUT2D eigenvalue weighted by Gasteiger charge is -2.33. The fourth-order valence-corrected chi connectivity index (χ4v) is 3.15. The predicted octanol–water partition coefficient (Wildman–Crippen LogP) is 1.60. The third kappa shape index (κ3) is 9.68. The first-order valence-electron chi connectivity index (χ1n) is 11.0. The maximum Gasteiger partial charge on any atom is 0.409 e. The van der Waals surface area contributed by atoms with Crippen LogP contribution in [0.4, 0.5) is 4.79 Å². The highest BCUT2D eigenvalue weighted by molar-refractivity contribution is 5.91. The molecule has 10 nitrogen and oxygen atoms in total. The zero-order chi connectivity index (χ0) is 23.9. The van der Waals surface area contributed by atoms with Crippen molar-refractivity contribution >= 4 is 18.1 Å². The molecule has 0 aliphatic carbocycles. The number of carbonyl (C=O) groups excluding carboxylic acids is 2. The van der Waals surface area contributed by atoms with Crippen LogP contribution >= 0.6 is 0 Å². The second kappa shape index (κ2) is 15.1. The normalized spacial score (nSPS) is 14.3. The van der Waals surface area contributed by atoms with Gasteiger partial charge in [0.15, 0.2) is 18.3 Å². The highest BCUT2D eigenvalue weighted by Crippen LogP contribution is 2.28. The molecule has 2 amide bonds. The van der Waals surface area contributed by atoms with E-state index in [0.717, 1.165) is 25.2 Å². The molecule has 1 aliphatic rings. The van der Waals surface area contributed by atoms with Crippen LogP contribution in [0.1, 0.15) is 12.5 Å². The van der Waals surface area contributed by atoms with E-state index in [1.165, 1.54) is 6.08 Å². The van der Waals surface area contributed by atoms with Gasteiger partial charge in [-0.05, 0) is 30.7 Å². The lowest BCUT2D eigenvalue weighted by Crippen LogP contribution is -2.50. The SMILES string of the molecule is CCOC(=O)N1CCN(CCNC(=O)C=Cc2ccc(OCOCCOC)c(OC)c2)CC1. The molecule has 0 saturated carbocycles. The lowest BCUT2D eigenvalue weighted by molar-refractivity contribution is -0.116. The number of rotatable bonds is 13. The van der Waals surface area contributed by atoms with Crippen LogP contribution in [-0.4, -0.2) is 102 Å². The molecule has 0 radical (unpaired) electrons. The molecule has 1 aromatic carbocycles. The Morgan fingerprint density at radius 3 is 2.58 bits per heavy atom. The number of amides is 2. The molecular formula is C23H35N3O7. The molecular weight excluding hydrogens is 430 g/mol. The fraction of sp³-hybridized carbons (Fsp3) is 0.565. The Balaban J connectivity index is 1.70. The molecule has 184 valence electrons. The Bertz CT molecular complexity index is 764. The molecule has 0 unspecified atom stereocenters. The van der Waals surface area contributed by atoms with Crippen LogP contribution in [0.15, 0.2) is 24.3 Å². The topological polar surface area (TPSA) is 98.8 Å². The van der Waals surface area contributed by atoms with Gasteiger partial charge in [0.1, 0.15) is 0 Å². The van der Waals surface area contributed by atoms with Crippen molar-refractivity contribution in [3.05, 3.63) is 29.8 Å². The van der Waals surface area contributed by atoms with E-state index in [9.17, 15) is 9.59 Å². The number of nitrogens with one attached hydrogen (secondary N) is 1. The summed E-state index contributed by atoms with van der Waals surface area (Å²) in [4.78, 5) is 27.8. The molecule has 0 aromatic heterocycles. The average molecular weight is 466 g/mol. The standard InChI is InChI=1S/C23H35N3O7/c1-4-32-23(28)26-13-11-25(12-14-26)10-9-24-22(27)8-6-19-5-7-20(21(17-19)30-3)33-18-31-16-15-29-2/h5-8,17H,4,9-16,18H2,1-3H3,(H,24,27). The summed E-state index contributed by atoms with van der Waals surface area (Å²) in [6.07, 6.45) is 2.94. The van der Waals surface area contributed by atoms with E-state index < -0.39 is 0 Å². The minimum absolute atomic E-state index is 0.0924. The van der Waals surface area contributed by atoms with Gasteiger partial charge in [-0.2, -0.15) is 0 Å². The molecule has 1 saturated heterocycles. The van der Waals surface area contributed by atoms with E-state index in [0.29, 0.717) is 51.0 Å². The Kier molecular flexibility index (Phi) is 12.1. The van der Waals surface area contributed by atoms with Crippen LogP contribution in [0.5, 0.6) is 11.5 Å². The number of hydrogen-bond donors (Lipinski definition) is 1. The van der Waals surface area contributed by atoms with Crippen LogP contribution in [0.2, 0.25) is 0 Å². The average Bonchev–Trinajstić information content (AvgIpc) is 2.83. The van der Waals surface area contributed by atoms with Gasteiger partial charge in [0, 0.05) is 52.5 Å². The summed E-state index contributed by atoms with van der Waals surface area (Å²) in [5, 5.41) is 2.88. The summed E-state index contributed by atoms with van der Waals surface area (Å²) < 4.78 is 26.2. The van der Waals surface area contributed by atoms with E-state index in [1.54, 1.807) is 44.3 Å². The third-order valence-electron chi connectivity index (χ3n) is 4.97. The number of nitrogens with zero attached hydrogens (tertiary/aromatic N) is 2. The van der Waals surface area contributed by atoms with Crippen molar-refractivity contribution in [1.29, 1.82) is 0 Å². The number of piperazine rings is 1. The summed E-state index contributed by atoms with van der Waals surface area (Å²) in [5.74, 6) is 0.931. The lowest BCUT2D eigenvalue weighted by atomic mass is 10.2. The molecule has 2 rings (SSSR count). The Hall–Kier alpha value is -2.82. The van der Waals surface area contributed by atoms with Crippen molar-refractivity contribution in [3.63, 3.8) is 0 Å². The van der Waals surface area contributed by atoms with Crippen LogP contribution in [0.25, 0.3) is 6.08 Å². The van der Waals surface area contributed by atoms with Crippen LogP contribution in [-0.2, 0) is 19.0 Å². The zero-order valence-corrected chi connectivity index (χ0v) is 19.7. The van der Waals surface area contributed by atoms with Gasteiger partial charge in [-0.1, -0.05) is 6.07 Å². The molecule has 0 bridgehead atoms. The zero-order valence-electron chi connectivity index (χ0n) is 19.7. The summed E-state index contributed by atoms with van der Waals surface area (Å²) in [7, 11) is 3.16. The highest BCUT2D eigenvalue weighted by Gasteiger charge is 2.21. The van der Waals surface area contributed by atoms with Crippen molar-refractivity contribution in [2.75, 3.05) is 80.1 Å². The number of benzene rings is 1. The van der Waals surface area contributed by atoms with Crippen molar-refractivity contribution in [1.82, 2.24) is 15.1 Å². The molecule has 0 atom stereocenters. The Labute approximate surface area is 195 Å². The minimum Gasteiger partial charge on any atom is -0.493 e. The van der Waals surface area contributed by atoms with Crippen molar-refractivity contribution in [2.45, 2.75) is 6.92 Å². The maximum atomic E-state index is 12.2. The van der Waals surface area contributed by atoms with Crippen molar-refractivity contribution in [2.24, 2.45) is 0 Å². The van der Waals surface area contributed by atoms with E-state index in [4.69, 9.17) is 23.7 Å². The second-order valence-electron chi connectivity index (χ2n) is 7.23. The first kappa shape index (κ1) is 26.4. The minimum atomic E-state index is -0.262. The summed E-state index contributed by atoms with van der Waals surface area (Å²) in [5.41, 5.74) is 0.810. The van der Waals surface area contributed by atoms with Crippen molar-refractivity contribution in [3.8, 4) is 11.5 Å². The van der Waals surface area contributed by atoms with Gasteiger partial charge in [-0.25, -0.2) is 4.79 Å².